The summed E-state index contributed by atoms with van der Waals surface area (Å²) >= 11 is 0. The van der Waals surface area contributed by atoms with Crippen LogP contribution in [0, 0.1) is 19.7 Å². The van der Waals surface area contributed by atoms with Crippen LogP contribution in [-0.4, -0.2) is 60.3 Å². The molecule has 3 rings (SSSR count). The van der Waals surface area contributed by atoms with Gasteiger partial charge in [0.1, 0.15) is 5.82 Å². The average molecular weight is 520 g/mol. The van der Waals surface area contributed by atoms with Crippen molar-refractivity contribution < 1.29 is 18.8 Å². The highest BCUT2D eigenvalue weighted by molar-refractivity contribution is 6.42. The highest BCUT2D eigenvalue weighted by Gasteiger charge is 2.37. The molecule has 0 fully saturated rings. The Morgan fingerprint density at radius 1 is 1.22 bits per heavy atom. The van der Waals surface area contributed by atoms with Crippen molar-refractivity contribution in [2.45, 2.75) is 40.5 Å². The number of nitrogens with zero attached hydrogens (tertiary/aromatic N) is 2. The Kier molecular flexibility index (Phi) is 10.4. The maximum atomic E-state index is 14.1. The molecule has 0 aliphatic carbocycles. The monoisotopic (exact) mass is 519 g/mol. The maximum absolute atomic E-state index is 14.1. The van der Waals surface area contributed by atoms with Crippen LogP contribution in [0.3, 0.4) is 0 Å². The summed E-state index contributed by atoms with van der Waals surface area (Å²) in [6.07, 6.45) is 2.15. The van der Waals surface area contributed by atoms with Crippen molar-refractivity contribution in [3.8, 4) is 0 Å². The number of halogens is 2. The summed E-state index contributed by atoms with van der Waals surface area (Å²) in [7, 11) is 0. The largest absolute Gasteiger partial charge is 0.358 e. The fourth-order valence-corrected chi connectivity index (χ4v) is 4.38. The second-order valence-electron chi connectivity index (χ2n) is 8.59. The molecule has 196 valence electrons. The number of benzene rings is 1. The minimum absolute atomic E-state index is 0. The summed E-state index contributed by atoms with van der Waals surface area (Å²) in [6, 6.07) is 3.91. The summed E-state index contributed by atoms with van der Waals surface area (Å²) in [6.45, 7) is 11.2. The minimum atomic E-state index is -0.524. The van der Waals surface area contributed by atoms with Gasteiger partial charge in [0, 0.05) is 36.5 Å². The Morgan fingerprint density at radius 2 is 1.92 bits per heavy atom. The summed E-state index contributed by atoms with van der Waals surface area (Å²) in [5.74, 6) is -1.61. The summed E-state index contributed by atoms with van der Waals surface area (Å²) in [5.41, 5.74) is 8.81. The van der Waals surface area contributed by atoms with Crippen LogP contribution in [-0.2, 0) is 9.59 Å². The number of carbonyl (C=O) groups excluding carboxylic acids is 3. The lowest BCUT2D eigenvalue weighted by atomic mass is 10.0. The van der Waals surface area contributed by atoms with Crippen molar-refractivity contribution in [1.29, 1.82) is 0 Å². The van der Waals surface area contributed by atoms with Gasteiger partial charge in [0.15, 0.2) is 0 Å². The third-order valence-electron chi connectivity index (χ3n) is 6.37. The van der Waals surface area contributed by atoms with E-state index in [1.807, 2.05) is 0 Å². The van der Waals surface area contributed by atoms with E-state index in [1.165, 1.54) is 18.2 Å². The number of aromatic nitrogens is 1. The van der Waals surface area contributed by atoms with Crippen LogP contribution < -0.4 is 16.0 Å². The Hall–Kier alpha value is -3.01. The molecule has 2 aromatic rings. The van der Waals surface area contributed by atoms with E-state index in [0.29, 0.717) is 53.3 Å². The fraction of sp³-hybridized carbons (Fsp3) is 0.423. The van der Waals surface area contributed by atoms with E-state index in [-0.39, 0.29) is 36.2 Å². The van der Waals surface area contributed by atoms with Crippen LogP contribution in [0.2, 0.25) is 0 Å². The number of carbonyl (C=O) groups is 3. The van der Waals surface area contributed by atoms with Gasteiger partial charge in [-0.05, 0) is 69.7 Å². The smallest absolute Gasteiger partial charge is 0.265 e. The summed E-state index contributed by atoms with van der Waals surface area (Å²) < 4.78 is 14.1. The molecule has 3 amide bonds. The Balaban J connectivity index is 0.00000456. The first kappa shape index (κ1) is 29.2. The van der Waals surface area contributed by atoms with Crippen LogP contribution in [0.1, 0.15) is 59.6 Å². The van der Waals surface area contributed by atoms with Gasteiger partial charge in [-0.1, -0.05) is 13.8 Å². The number of hydrogen-bond donors (Lipinski definition) is 3. The van der Waals surface area contributed by atoms with Gasteiger partial charge in [-0.3, -0.25) is 14.4 Å². The molecule has 0 bridgehead atoms. The number of rotatable bonds is 10. The molecule has 4 N–H and O–H groups in total. The van der Waals surface area contributed by atoms with Gasteiger partial charge >= 0.3 is 0 Å². The van der Waals surface area contributed by atoms with E-state index in [1.54, 1.807) is 19.9 Å². The predicted molar refractivity (Wildman–Crippen MR) is 143 cm³/mol. The average Bonchev–Trinajstić information content (AvgIpc) is 3.26. The molecule has 0 unspecified atom stereocenters. The second kappa shape index (κ2) is 12.8. The van der Waals surface area contributed by atoms with Crippen molar-refractivity contribution in [3.63, 3.8) is 0 Å². The van der Waals surface area contributed by atoms with Gasteiger partial charge in [-0.2, -0.15) is 0 Å². The van der Waals surface area contributed by atoms with E-state index >= 15 is 0 Å². The van der Waals surface area contributed by atoms with Crippen LogP contribution >= 0.6 is 12.4 Å². The summed E-state index contributed by atoms with van der Waals surface area (Å²) in [4.78, 5) is 45.4. The quantitative estimate of drug-likeness (QED) is 0.416. The van der Waals surface area contributed by atoms with Gasteiger partial charge in [0.05, 0.1) is 16.8 Å². The lowest BCUT2D eigenvalue weighted by molar-refractivity contribution is -0.123. The Morgan fingerprint density at radius 3 is 2.56 bits per heavy atom. The molecule has 10 heteroatoms. The molecule has 8 nitrogen and oxygen atoms in total. The molecule has 2 heterocycles. The molecule has 1 aromatic carbocycles. The first-order valence-corrected chi connectivity index (χ1v) is 12.0. The van der Waals surface area contributed by atoms with Gasteiger partial charge in [-0.15, -0.1) is 12.4 Å². The van der Waals surface area contributed by atoms with E-state index in [4.69, 9.17) is 5.73 Å². The van der Waals surface area contributed by atoms with E-state index < -0.39 is 11.7 Å². The van der Waals surface area contributed by atoms with E-state index in [2.05, 4.69) is 29.0 Å². The number of imide groups is 1. The van der Waals surface area contributed by atoms with E-state index in [9.17, 15) is 18.8 Å². The lowest BCUT2D eigenvalue weighted by Crippen LogP contribution is -2.35. The number of likely N-dealkylation sites (N-methyl/N-ethyl adjacent to an activating group) is 1. The van der Waals surface area contributed by atoms with Crippen molar-refractivity contribution in [3.05, 3.63) is 52.1 Å². The van der Waals surface area contributed by atoms with Crippen LogP contribution in [0.15, 0.2) is 18.2 Å². The highest BCUT2D eigenvalue weighted by Crippen LogP contribution is 2.39. The highest BCUT2D eigenvalue weighted by atomic mass is 35.5. The normalized spacial score (nSPS) is 13.8. The fourth-order valence-electron chi connectivity index (χ4n) is 4.38. The van der Waals surface area contributed by atoms with Crippen LogP contribution in [0.25, 0.3) is 11.6 Å². The Bertz CT molecular complexity index is 1160. The van der Waals surface area contributed by atoms with Crippen molar-refractivity contribution in [2.75, 3.05) is 37.6 Å². The predicted octanol–water partition coefficient (Wildman–Crippen LogP) is 3.42. The minimum Gasteiger partial charge on any atom is -0.358 e. The molecule has 1 aliphatic heterocycles. The number of hydrogen-bond acceptors (Lipinski definition) is 5. The number of nitrogens with one attached hydrogen (secondary N) is 2. The number of H-pyrrole nitrogens is 1. The molecular formula is C26H35ClFN5O3. The van der Waals surface area contributed by atoms with Gasteiger partial charge < -0.3 is 20.9 Å². The topological polar surface area (TPSA) is 112 Å². The zero-order valence-corrected chi connectivity index (χ0v) is 22.1. The Labute approximate surface area is 217 Å². The van der Waals surface area contributed by atoms with Crippen molar-refractivity contribution in [2.24, 2.45) is 5.73 Å². The third kappa shape index (κ3) is 6.03. The lowest BCUT2D eigenvalue weighted by Gasteiger charge is -2.18. The maximum Gasteiger partial charge on any atom is 0.265 e. The number of aryl methyl sites for hydroxylation is 1. The standard InChI is InChI=1S/C26H34FN5O3.ClH/c1-5-31(6-2)13-12-29-25(34)24-16(3)21(30-17(24)4)15-20-19-14-18(27)9-10-22(19)32(26(20)35)23(33)8-7-11-28;/h9-10,14-15,30H,5-8,11-13,28H2,1-4H3,(H,29,34);1H. The van der Waals surface area contributed by atoms with Gasteiger partial charge in [0.25, 0.3) is 11.8 Å². The number of amides is 3. The van der Waals surface area contributed by atoms with Crippen LogP contribution in [0.5, 0.6) is 0 Å². The molecule has 0 saturated carbocycles. The zero-order valence-electron chi connectivity index (χ0n) is 21.2. The number of nitrogens with two attached hydrogens (primary N) is 1. The molecule has 0 saturated heterocycles. The molecular weight excluding hydrogens is 485 g/mol. The first-order valence-electron chi connectivity index (χ1n) is 12.0. The molecule has 1 aromatic heterocycles. The second-order valence-corrected chi connectivity index (χ2v) is 8.59. The molecule has 0 radical (unpaired) electrons. The third-order valence-corrected chi connectivity index (χ3v) is 6.37. The number of aromatic amines is 1. The van der Waals surface area contributed by atoms with E-state index in [0.717, 1.165) is 24.5 Å². The van der Waals surface area contributed by atoms with Gasteiger partial charge in [0.2, 0.25) is 5.91 Å². The number of anilines is 1. The molecule has 1 aliphatic rings. The van der Waals surface area contributed by atoms with Gasteiger partial charge in [-0.25, -0.2) is 9.29 Å². The molecule has 0 atom stereocenters. The SMILES string of the molecule is CCN(CC)CCNC(=O)c1c(C)[nH]c(C=C2C(=O)N(C(=O)CCCN)c3ccc(F)cc32)c1C.Cl. The van der Waals surface area contributed by atoms with Crippen molar-refractivity contribution >= 4 is 47.5 Å². The summed E-state index contributed by atoms with van der Waals surface area (Å²) in [5, 5.41) is 2.96. The van der Waals surface area contributed by atoms with Crippen LogP contribution in [0.4, 0.5) is 10.1 Å². The number of fused-ring (bicyclic) bond motifs is 1. The zero-order chi connectivity index (χ0) is 25.7. The molecule has 36 heavy (non-hydrogen) atoms. The van der Waals surface area contributed by atoms with Crippen molar-refractivity contribution in [1.82, 2.24) is 15.2 Å². The first-order chi connectivity index (χ1) is 16.7. The molecule has 0 spiro atoms.